The fourth-order valence-corrected chi connectivity index (χ4v) is 4.95. The Labute approximate surface area is 156 Å². The first kappa shape index (κ1) is 17.4. The number of aliphatic hydroxyl groups excluding tert-OH is 1. The Bertz CT molecular complexity index is 867. The topological polar surface area (TPSA) is 79.5 Å². The zero-order chi connectivity index (χ0) is 18.1. The highest BCUT2D eigenvalue weighted by atomic mass is 32.1. The fraction of sp³-hybridized carbons (Fsp3) is 0.444. The number of aryl methyl sites for hydroxylation is 1. The lowest BCUT2D eigenvalue weighted by Gasteiger charge is -2.34. The van der Waals surface area contributed by atoms with E-state index in [0.717, 1.165) is 42.6 Å². The molecule has 1 aromatic carbocycles. The van der Waals surface area contributed by atoms with Crippen molar-refractivity contribution in [3.63, 3.8) is 0 Å². The average Bonchev–Trinajstić information content (AvgIpc) is 3.22. The van der Waals surface area contributed by atoms with Crippen LogP contribution in [0.2, 0.25) is 0 Å². The molecule has 1 atom stereocenters. The lowest BCUT2D eigenvalue weighted by atomic mass is 10.0. The molecule has 4 N–H and O–H groups in total. The van der Waals surface area contributed by atoms with Crippen molar-refractivity contribution in [3.8, 4) is 5.88 Å². The molecule has 1 fully saturated rings. The first-order valence-electron chi connectivity index (χ1n) is 9.04. The van der Waals surface area contributed by atoms with Gasteiger partial charge in [0.2, 0.25) is 10.8 Å². The van der Waals surface area contributed by atoms with Gasteiger partial charge in [-0.3, -0.25) is 0 Å². The standard InChI is InChI=1S/C18H23N5O2S/c1-13-2-4-14(5-3-13)15(22-8-6-21(7-9-22)10-11-24)16-17(25)23-18(26-16)19-12-20-23/h2-5,12,15,24-25H,6-11H2,1H3/p+2/t15-/m0/s1. The largest absolute Gasteiger partial charge is 0.492 e. The van der Waals surface area contributed by atoms with Crippen molar-refractivity contribution < 1.29 is 20.0 Å². The molecule has 7 nitrogen and oxygen atoms in total. The van der Waals surface area contributed by atoms with Gasteiger partial charge in [-0.05, 0) is 6.92 Å². The maximum atomic E-state index is 10.8. The van der Waals surface area contributed by atoms with Crippen LogP contribution in [0, 0.1) is 6.92 Å². The number of hydrogen-bond donors (Lipinski definition) is 4. The second kappa shape index (κ2) is 7.32. The predicted octanol–water partition coefficient (Wildman–Crippen LogP) is -1.33. The minimum atomic E-state index is 0.0692. The molecule has 1 aliphatic heterocycles. The number of hydrogen-bond acceptors (Lipinski definition) is 5. The van der Waals surface area contributed by atoms with E-state index >= 15 is 0 Å². The second-order valence-corrected chi connectivity index (χ2v) is 7.98. The van der Waals surface area contributed by atoms with Crippen LogP contribution >= 0.6 is 11.3 Å². The van der Waals surface area contributed by atoms with Crippen molar-refractivity contribution in [1.29, 1.82) is 0 Å². The molecule has 0 unspecified atom stereocenters. The van der Waals surface area contributed by atoms with Gasteiger partial charge in [0.15, 0.2) is 6.04 Å². The lowest BCUT2D eigenvalue weighted by molar-refractivity contribution is -1.02. The number of nitrogens with zero attached hydrogens (tertiary/aromatic N) is 3. The van der Waals surface area contributed by atoms with Crippen LogP contribution in [0.1, 0.15) is 22.0 Å². The van der Waals surface area contributed by atoms with Crippen LogP contribution in [0.15, 0.2) is 30.6 Å². The molecule has 1 aliphatic rings. The molecule has 2 aromatic heterocycles. The van der Waals surface area contributed by atoms with Crippen molar-refractivity contribution in [2.45, 2.75) is 13.0 Å². The van der Waals surface area contributed by atoms with Crippen molar-refractivity contribution in [3.05, 3.63) is 46.6 Å². The molecule has 4 rings (SSSR count). The minimum Gasteiger partial charge on any atom is -0.492 e. The van der Waals surface area contributed by atoms with E-state index in [-0.39, 0.29) is 18.5 Å². The van der Waals surface area contributed by atoms with Gasteiger partial charge in [0.1, 0.15) is 43.9 Å². The number of piperazine rings is 1. The highest BCUT2D eigenvalue weighted by Gasteiger charge is 2.35. The SMILES string of the molecule is Cc1ccc([C@@H](c2sc3ncnn3c2O)[NH+]2CC[NH+](CCO)CC2)cc1. The van der Waals surface area contributed by atoms with Crippen molar-refractivity contribution >= 4 is 16.3 Å². The molecule has 0 saturated carbocycles. The number of quaternary nitrogens is 2. The molecule has 138 valence electrons. The van der Waals surface area contributed by atoms with E-state index in [1.165, 1.54) is 43.1 Å². The summed E-state index contributed by atoms with van der Waals surface area (Å²) in [4.78, 5) is 8.77. The van der Waals surface area contributed by atoms with Crippen molar-refractivity contribution in [2.75, 3.05) is 39.3 Å². The number of aliphatic hydroxyl groups is 1. The van der Waals surface area contributed by atoms with Crippen LogP contribution in [-0.2, 0) is 0 Å². The zero-order valence-corrected chi connectivity index (χ0v) is 15.7. The van der Waals surface area contributed by atoms with Crippen LogP contribution in [0.5, 0.6) is 5.88 Å². The summed E-state index contributed by atoms with van der Waals surface area (Å²) in [6.07, 6.45) is 1.47. The smallest absolute Gasteiger partial charge is 0.235 e. The monoisotopic (exact) mass is 375 g/mol. The molecule has 3 aromatic rings. The third-order valence-corrected chi connectivity index (χ3v) is 6.38. The molecular formula is C18H25N5O2S+2. The quantitative estimate of drug-likeness (QED) is 0.446. The van der Waals surface area contributed by atoms with Gasteiger partial charge in [-0.25, -0.2) is 4.98 Å². The van der Waals surface area contributed by atoms with Crippen LogP contribution in [0.4, 0.5) is 0 Å². The summed E-state index contributed by atoms with van der Waals surface area (Å²) in [6.45, 7) is 7.19. The molecule has 8 heteroatoms. The van der Waals surface area contributed by atoms with Crippen molar-refractivity contribution in [1.82, 2.24) is 14.6 Å². The highest BCUT2D eigenvalue weighted by molar-refractivity contribution is 7.17. The van der Waals surface area contributed by atoms with E-state index < -0.39 is 0 Å². The number of aromatic hydroxyl groups is 1. The minimum absolute atomic E-state index is 0.0692. The van der Waals surface area contributed by atoms with Crippen LogP contribution in [-0.4, -0.2) is 64.1 Å². The predicted molar refractivity (Wildman–Crippen MR) is 98.9 cm³/mol. The zero-order valence-electron chi connectivity index (χ0n) is 14.9. The molecule has 0 spiro atoms. The van der Waals surface area contributed by atoms with E-state index in [9.17, 15) is 10.2 Å². The van der Waals surface area contributed by atoms with Gasteiger partial charge in [0.25, 0.3) is 0 Å². The Morgan fingerprint density at radius 1 is 1.19 bits per heavy atom. The van der Waals surface area contributed by atoms with Crippen LogP contribution < -0.4 is 9.80 Å². The van der Waals surface area contributed by atoms with Gasteiger partial charge in [-0.15, -0.1) is 0 Å². The Morgan fingerprint density at radius 3 is 2.58 bits per heavy atom. The third-order valence-electron chi connectivity index (χ3n) is 5.28. The van der Waals surface area contributed by atoms with Gasteiger partial charge < -0.3 is 20.0 Å². The Morgan fingerprint density at radius 2 is 1.92 bits per heavy atom. The normalized spacial score (nSPS) is 21.9. The van der Waals surface area contributed by atoms with E-state index in [0.29, 0.717) is 0 Å². The van der Waals surface area contributed by atoms with Crippen molar-refractivity contribution in [2.24, 2.45) is 0 Å². The summed E-state index contributed by atoms with van der Waals surface area (Å²) in [7, 11) is 0. The fourth-order valence-electron chi connectivity index (χ4n) is 3.84. The van der Waals surface area contributed by atoms with E-state index in [1.54, 1.807) is 0 Å². The van der Waals surface area contributed by atoms with Gasteiger partial charge in [0, 0.05) is 5.56 Å². The molecule has 26 heavy (non-hydrogen) atoms. The van der Waals surface area contributed by atoms with Gasteiger partial charge in [-0.2, -0.15) is 9.61 Å². The number of fused-ring (bicyclic) bond motifs is 1. The Hall–Kier alpha value is -2.00. The number of nitrogens with one attached hydrogen (secondary N) is 2. The lowest BCUT2D eigenvalue weighted by Crippen LogP contribution is -3.28. The van der Waals surface area contributed by atoms with Gasteiger partial charge in [0.05, 0.1) is 6.61 Å². The highest BCUT2D eigenvalue weighted by Crippen LogP contribution is 2.34. The van der Waals surface area contributed by atoms with Crippen LogP contribution in [0.25, 0.3) is 4.96 Å². The van der Waals surface area contributed by atoms with E-state index in [1.807, 2.05) is 0 Å². The first-order valence-corrected chi connectivity index (χ1v) is 9.86. The summed E-state index contributed by atoms with van der Waals surface area (Å²) >= 11 is 1.51. The number of thiazole rings is 1. The average molecular weight is 375 g/mol. The van der Waals surface area contributed by atoms with Gasteiger partial charge >= 0.3 is 0 Å². The molecule has 0 bridgehead atoms. The maximum absolute atomic E-state index is 10.8. The number of rotatable bonds is 5. The molecule has 0 radical (unpaired) electrons. The molecule has 0 amide bonds. The second-order valence-electron chi connectivity index (χ2n) is 6.97. The summed E-state index contributed by atoms with van der Waals surface area (Å²) in [5.74, 6) is 0.200. The Kier molecular flexibility index (Phi) is 4.90. The summed E-state index contributed by atoms with van der Waals surface area (Å²) in [5.41, 5.74) is 2.43. The molecule has 1 saturated heterocycles. The van der Waals surface area contributed by atoms with E-state index in [4.69, 9.17) is 0 Å². The summed E-state index contributed by atoms with van der Waals surface area (Å²) in [6, 6.07) is 8.65. The maximum Gasteiger partial charge on any atom is 0.235 e. The summed E-state index contributed by atoms with van der Waals surface area (Å²) in [5, 5.41) is 24.1. The van der Waals surface area contributed by atoms with Crippen LogP contribution in [0.3, 0.4) is 0 Å². The number of aromatic nitrogens is 3. The molecule has 3 heterocycles. The Balaban J connectivity index is 1.69. The first-order chi connectivity index (χ1) is 12.7. The van der Waals surface area contributed by atoms with Gasteiger partial charge in [-0.1, -0.05) is 41.2 Å². The third kappa shape index (κ3) is 3.21. The molecular weight excluding hydrogens is 350 g/mol. The van der Waals surface area contributed by atoms with E-state index in [2.05, 4.69) is 41.3 Å². The number of benzene rings is 1. The molecule has 0 aliphatic carbocycles. The summed E-state index contributed by atoms with van der Waals surface area (Å²) < 4.78 is 1.52.